The van der Waals surface area contributed by atoms with Gasteiger partial charge in [-0.1, -0.05) is 15.9 Å². The molecule has 1 aliphatic heterocycles. The fourth-order valence-electron chi connectivity index (χ4n) is 2.18. The summed E-state index contributed by atoms with van der Waals surface area (Å²) in [5.41, 5.74) is 3.71. The molecule has 0 amide bonds. The van der Waals surface area contributed by atoms with E-state index in [1.165, 1.54) is 17.5 Å². The molecule has 3 rings (SSSR count). The van der Waals surface area contributed by atoms with Crippen LogP contribution in [0, 0.1) is 0 Å². The SMILES string of the molecule is FC(F)(F)C1=NCN(c2cc(CBr)cc(-c3cncs3)c2)C=C1. The second-order valence-electron chi connectivity index (χ2n) is 4.86. The Kier molecular flexibility index (Phi) is 4.54. The van der Waals surface area contributed by atoms with Crippen LogP contribution in [0.3, 0.4) is 0 Å². The van der Waals surface area contributed by atoms with E-state index in [2.05, 4.69) is 25.9 Å². The third-order valence-electron chi connectivity index (χ3n) is 3.28. The first-order chi connectivity index (χ1) is 11.0. The van der Waals surface area contributed by atoms with Crippen LogP contribution >= 0.6 is 27.3 Å². The maximum atomic E-state index is 12.6. The van der Waals surface area contributed by atoms with Crippen LogP contribution in [0.1, 0.15) is 5.56 Å². The molecule has 0 aliphatic carbocycles. The third-order valence-corrected chi connectivity index (χ3v) is 4.75. The van der Waals surface area contributed by atoms with Gasteiger partial charge in [0.05, 0.1) is 10.4 Å². The molecule has 0 saturated carbocycles. The van der Waals surface area contributed by atoms with Crippen molar-refractivity contribution in [3.63, 3.8) is 0 Å². The summed E-state index contributed by atoms with van der Waals surface area (Å²) < 4.78 is 37.9. The number of aliphatic imine (C=N–C) groups is 1. The van der Waals surface area contributed by atoms with Gasteiger partial charge >= 0.3 is 6.18 Å². The van der Waals surface area contributed by atoms with Gasteiger partial charge in [0.25, 0.3) is 0 Å². The first-order valence-corrected chi connectivity index (χ1v) is 8.63. The number of benzene rings is 1. The number of anilines is 1. The molecule has 1 aliphatic rings. The van der Waals surface area contributed by atoms with Crippen LogP contribution in [0.4, 0.5) is 18.9 Å². The van der Waals surface area contributed by atoms with Gasteiger partial charge in [0, 0.05) is 23.4 Å². The predicted molar refractivity (Wildman–Crippen MR) is 90.2 cm³/mol. The molecule has 0 atom stereocenters. The Hall–Kier alpha value is -1.67. The number of halogens is 4. The summed E-state index contributed by atoms with van der Waals surface area (Å²) >= 11 is 4.94. The van der Waals surface area contributed by atoms with Gasteiger partial charge in [-0.3, -0.25) is 9.98 Å². The van der Waals surface area contributed by atoms with E-state index in [-0.39, 0.29) is 6.67 Å². The van der Waals surface area contributed by atoms with Gasteiger partial charge in [-0.2, -0.15) is 13.2 Å². The number of hydrogen-bond donors (Lipinski definition) is 0. The van der Waals surface area contributed by atoms with Crippen molar-refractivity contribution in [2.45, 2.75) is 11.5 Å². The molecule has 0 saturated heterocycles. The Morgan fingerprint density at radius 2 is 2.09 bits per heavy atom. The Morgan fingerprint density at radius 3 is 2.65 bits per heavy atom. The largest absolute Gasteiger partial charge is 0.433 e. The van der Waals surface area contributed by atoms with E-state index >= 15 is 0 Å². The maximum Gasteiger partial charge on any atom is 0.433 e. The van der Waals surface area contributed by atoms with Gasteiger partial charge in [-0.05, 0) is 35.4 Å². The highest BCUT2D eigenvalue weighted by Crippen LogP contribution is 2.31. The summed E-state index contributed by atoms with van der Waals surface area (Å²) in [5, 5.41) is 0.654. The number of thiazole rings is 1. The van der Waals surface area contributed by atoms with E-state index in [9.17, 15) is 13.2 Å². The molecule has 2 aromatic rings. The molecule has 0 spiro atoms. The quantitative estimate of drug-likeness (QED) is 0.677. The first-order valence-electron chi connectivity index (χ1n) is 6.62. The Balaban J connectivity index is 1.91. The minimum Gasteiger partial charge on any atom is -0.328 e. The highest BCUT2D eigenvalue weighted by Gasteiger charge is 2.34. The molecule has 0 bridgehead atoms. The van der Waals surface area contributed by atoms with Gasteiger partial charge in [0.2, 0.25) is 0 Å². The van der Waals surface area contributed by atoms with E-state index in [1.54, 1.807) is 16.6 Å². The monoisotopic (exact) mass is 401 g/mol. The average Bonchev–Trinajstić information content (AvgIpc) is 3.08. The van der Waals surface area contributed by atoms with Crippen molar-refractivity contribution in [1.29, 1.82) is 0 Å². The molecule has 23 heavy (non-hydrogen) atoms. The van der Waals surface area contributed by atoms with Crippen LogP contribution in [0.15, 0.2) is 47.2 Å². The smallest absolute Gasteiger partial charge is 0.328 e. The Labute approximate surface area is 143 Å². The number of allylic oxidation sites excluding steroid dienone is 1. The van der Waals surface area contributed by atoms with E-state index in [4.69, 9.17) is 0 Å². The number of alkyl halides is 4. The van der Waals surface area contributed by atoms with E-state index in [0.29, 0.717) is 5.33 Å². The lowest BCUT2D eigenvalue weighted by Crippen LogP contribution is -2.29. The lowest BCUT2D eigenvalue weighted by Gasteiger charge is -2.24. The summed E-state index contributed by atoms with van der Waals surface area (Å²) in [6.45, 7) is -0.0563. The highest BCUT2D eigenvalue weighted by molar-refractivity contribution is 9.08. The lowest BCUT2D eigenvalue weighted by atomic mass is 10.1. The van der Waals surface area contributed by atoms with Gasteiger partial charge in [0.1, 0.15) is 12.4 Å². The van der Waals surface area contributed by atoms with Crippen molar-refractivity contribution in [2.24, 2.45) is 4.99 Å². The van der Waals surface area contributed by atoms with Crippen molar-refractivity contribution in [1.82, 2.24) is 4.98 Å². The van der Waals surface area contributed by atoms with E-state index in [1.807, 2.05) is 18.2 Å². The van der Waals surface area contributed by atoms with Crippen LogP contribution in [0.2, 0.25) is 0 Å². The summed E-state index contributed by atoms with van der Waals surface area (Å²) in [5.74, 6) is 0. The van der Waals surface area contributed by atoms with Crippen molar-refractivity contribution in [2.75, 3.05) is 11.6 Å². The fraction of sp³-hybridized carbons (Fsp3) is 0.200. The zero-order valence-corrected chi connectivity index (χ0v) is 14.1. The van der Waals surface area contributed by atoms with Crippen LogP contribution in [0.25, 0.3) is 10.4 Å². The molecular weight excluding hydrogens is 391 g/mol. The lowest BCUT2D eigenvalue weighted by molar-refractivity contribution is -0.0579. The summed E-state index contributed by atoms with van der Waals surface area (Å²) in [6.07, 6.45) is -0.224. The summed E-state index contributed by atoms with van der Waals surface area (Å²) in [7, 11) is 0. The highest BCUT2D eigenvalue weighted by atomic mass is 79.9. The van der Waals surface area contributed by atoms with Crippen LogP contribution < -0.4 is 4.90 Å². The van der Waals surface area contributed by atoms with Crippen molar-refractivity contribution < 1.29 is 13.2 Å². The minimum absolute atomic E-state index is 0.0563. The molecule has 1 aromatic heterocycles. The second-order valence-corrected chi connectivity index (χ2v) is 6.30. The average molecular weight is 402 g/mol. The minimum atomic E-state index is -4.41. The molecule has 8 heteroatoms. The van der Waals surface area contributed by atoms with Gasteiger partial charge in [0.15, 0.2) is 0 Å². The first kappa shape index (κ1) is 16.2. The van der Waals surface area contributed by atoms with Crippen LogP contribution in [-0.4, -0.2) is 23.5 Å². The maximum absolute atomic E-state index is 12.6. The molecular formula is C15H11BrF3N3S. The normalized spacial score (nSPS) is 15.0. The van der Waals surface area contributed by atoms with Gasteiger partial charge in [-0.15, -0.1) is 11.3 Å². The van der Waals surface area contributed by atoms with E-state index in [0.717, 1.165) is 27.8 Å². The topological polar surface area (TPSA) is 28.5 Å². The number of hydrogen-bond acceptors (Lipinski definition) is 4. The number of nitrogens with zero attached hydrogens (tertiary/aromatic N) is 3. The zero-order chi connectivity index (χ0) is 16.4. The van der Waals surface area contributed by atoms with Crippen LogP contribution in [0.5, 0.6) is 0 Å². The zero-order valence-electron chi connectivity index (χ0n) is 11.7. The van der Waals surface area contributed by atoms with Gasteiger partial charge in [-0.25, -0.2) is 0 Å². The number of rotatable bonds is 3. The van der Waals surface area contributed by atoms with Crippen LogP contribution in [-0.2, 0) is 5.33 Å². The van der Waals surface area contributed by atoms with Crippen molar-refractivity contribution in [3.8, 4) is 10.4 Å². The number of aromatic nitrogens is 1. The summed E-state index contributed by atoms with van der Waals surface area (Å²) in [6, 6.07) is 5.89. The molecule has 0 fully saturated rings. The molecule has 2 heterocycles. The van der Waals surface area contributed by atoms with E-state index < -0.39 is 11.9 Å². The fourth-order valence-corrected chi connectivity index (χ4v) is 3.12. The molecule has 3 nitrogen and oxygen atoms in total. The summed E-state index contributed by atoms with van der Waals surface area (Å²) in [4.78, 5) is 10.4. The molecule has 120 valence electrons. The predicted octanol–water partition coefficient (Wildman–Crippen LogP) is 5.00. The van der Waals surface area contributed by atoms with Gasteiger partial charge < -0.3 is 4.90 Å². The Morgan fingerprint density at radius 1 is 1.26 bits per heavy atom. The molecule has 1 aromatic carbocycles. The van der Waals surface area contributed by atoms with Crippen molar-refractivity contribution in [3.05, 3.63) is 47.7 Å². The standard InChI is InChI=1S/C15H11BrF3N3S/c16-6-10-3-11(13-7-20-9-23-13)5-12(4-10)22-2-1-14(21-8-22)15(17,18)19/h1-5,7,9H,6,8H2. The molecule has 0 N–H and O–H groups in total. The third kappa shape index (κ3) is 3.64. The van der Waals surface area contributed by atoms with Crippen molar-refractivity contribution >= 4 is 38.7 Å². The second kappa shape index (κ2) is 6.45. The molecule has 0 unspecified atom stereocenters. The molecule has 0 radical (unpaired) electrons. The Bertz CT molecular complexity index is 754.